The van der Waals surface area contributed by atoms with Gasteiger partial charge in [-0.1, -0.05) is 12.1 Å². The first-order chi connectivity index (χ1) is 13.0. The molecule has 8 nitrogen and oxygen atoms in total. The Morgan fingerprint density at radius 2 is 1.96 bits per heavy atom. The highest BCUT2D eigenvalue weighted by atomic mass is 16.5. The van der Waals surface area contributed by atoms with Crippen LogP contribution in [0.3, 0.4) is 0 Å². The van der Waals surface area contributed by atoms with Gasteiger partial charge in [0.25, 0.3) is 5.91 Å². The SMILES string of the molecule is C[C@@H]1CN(C(=O)c2ccc(-n3cnc4ccccc43)nc2)C[C@@H](C(=O)O)O1. The number of hydrogen-bond acceptors (Lipinski definition) is 5. The highest BCUT2D eigenvalue weighted by Crippen LogP contribution is 2.18. The van der Waals surface area contributed by atoms with Gasteiger partial charge in [0.2, 0.25) is 0 Å². The molecule has 0 aliphatic carbocycles. The average Bonchev–Trinajstić information content (AvgIpc) is 3.11. The third-order valence-corrected chi connectivity index (χ3v) is 4.52. The number of aromatic nitrogens is 3. The number of para-hydroxylation sites is 2. The van der Waals surface area contributed by atoms with Gasteiger partial charge in [0.15, 0.2) is 6.10 Å². The van der Waals surface area contributed by atoms with Gasteiger partial charge in [-0.25, -0.2) is 14.8 Å². The van der Waals surface area contributed by atoms with Crippen molar-refractivity contribution in [2.45, 2.75) is 19.1 Å². The molecule has 1 amide bonds. The number of carboxylic acid groups (broad SMARTS) is 1. The van der Waals surface area contributed by atoms with Crippen LogP contribution in [-0.4, -0.2) is 61.7 Å². The monoisotopic (exact) mass is 366 g/mol. The maximum Gasteiger partial charge on any atom is 0.334 e. The molecule has 2 aromatic heterocycles. The number of fused-ring (bicyclic) bond motifs is 1. The zero-order valence-corrected chi connectivity index (χ0v) is 14.6. The van der Waals surface area contributed by atoms with Gasteiger partial charge in [0.05, 0.1) is 29.2 Å². The molecule has 0 radical (unpaired) electrons. The first kappa shape index (κ1) is 17.2. The van der Waals surface area contributed by atoms with Crippen LogP contribution in [0.1, 0.15) is 17.3 Å². The van der Waals surface area contributed by atoms with E-state index in [2.05, 4.69) is 9.97 Å². The van der Waals surface area contributed by atoms with E-state index in [4.69, 9.17) is 4.74 Å². The predicted molar refractivity (Wildman–Crippen MR) is 96.7 cm³/mol. The summed E-state index contributed by atoms with van der Waals surface area (Å²) in [6.07, 6.45) is 1.84. The lowest BCUT2D eigenvalue weighted by Crippen LogP contribution is -2.51. The van der Waals surface area contributed by atoms with Crippen molar-refractivity contribution in [3.63, 3.8) is 0 Å². The minimum absolute atomic E-state index is 0.0203. The Kier molecular flexibility index (Phi) is 4.33. The standard InChI is InChI=1S/C19H18N4O4/c1-12-9-22(10-16(27-12)19(25)26)18(24)13-6-7-17(20-8-13)23-11-21-14-4-2-3-5-15(14)23/h2-8,11-12,16H,9-10H2,1H3,(H,25,26)/t12-,16+/m1/s1. The summed E-state index contributed by atoms with van der Waals surface area (Å²) in [5, 5.41) is 9.17. The van der Waals surface area contributed by atoms with Crippen molar-refractivity contribution in [1.29, 1.82) is 0 Å². The summed E-state index contributed by atoms with van der Waals surface area (Å²) in [7, 11) is 0. The normalized spacial score (nSPS) is 20.0. The molecule has 3 aromatic rings. The van der Waals surface area contributed by atoms with Crippen LogP contribution >= 0.6 is 0 Å². The molecule has 1 N–H and O–H groups in total. The van der Waals surface area contributed by atoms with E-state index in [0.29, 0.717) is 17.9 Å². The zero-order valence-electron chi connectivity index (χ0n) is 14.6. The molecule has 4 rings (SSSR count). The van der Waals surface area contributed by atoms with E-state index < -0.39 is 12.1 Å². The summed E-state index contributed by atoms with van der Waals surface area (Å²) in [6.45, 7) is 2.11. The lowest BCUT2D eigenvalue weighted by molar-refractivity contribution is -0.160. The maximum absolute atomic E-state index is 12.7. The number of imidazole rings is 1. The average molecular weight is 366 g/mol. The number of ether oxygens (including phenoxy) is 1. The van der Waals surface area contributed by atoms with Gasteiger partial charge >= 0.3 is 5.97 Å². The summed E-state index contributed by atoms with van der Waals surface area (Å²) >= 11 is 0. The molecule has 0 spiro atoms. The van der Waals surface area contributed by atoms with E-state index in [-0.39, 0.29) is 18.6 Å². The van der Waals surface area contributed by atoms with Crippen molar-refractivity contribution in [2.24, 2.45) is 0 Å². The smallest absolute Gasteiger partial charge is 0.334 e. The second-order valence-corrected chi connectivity index (χ2v) is 6.49. The van der Waals surface area contributed by atoms with Crippen LogP contribution in [0, 0.1) is 0 Å². The Morgan fingerprint density at radius 3 is 2.70 bits per heavy atom. The van der Waals surface area contributed by atoms with Crippen LogP contribution in [0.25, 0.3) is 16.9 Å². The highest BCUT2D eigenvalue weighted by Gasteiger charge is 2.33. The summed E-state index contributed by atoms with van der Waals surface area (Å²) in [5.41, 5.74) is 2.19. The first-order valence-electron chi connectivity index (χ1n) is 8.59. The summed E-state index contributed by atoms with van der Waals surface area (Å²) in [6, 6.07) is 11.2. The van der Waals surface area contributed by atoms with Crippen LogP contribution in [0.5, 0.6) is 0 Å². The molecule has 138 valence electrons. The fourth-order valence-corrected chi connectivity index (χ4v) is 3.23. The second kappa shape index (κ2) is 6.81. The van der Waals surface area contributed by atoms with E-state index in [1.807, 2.05) is 28.8 Å². The third-order valence-electron chi connectivity index (χ3n) is 4.52. The molecule has 1 aliphatic rings. The number of aliphatic carboxylic acids is 1. The van der Waals surface area contributed by atoms with Crippen molar-refractivity contribution >= 4 is 22.9 Å². The fourth-order valence-electron chi connectivity index (χ4n) is 3.23. The largest absolute Gasteiger partial charge is 0.479 e. The Morgan fingerprint density at radius 1 is 1.15 bits per heavy atom. The van der Waals surface area contributed by atoms with Gasteiger partial charge in [-0.2, -0.15) is 0 Å². The lowest BCUT2D eigenvalue weighted by atomic mass is 10.1. The molecule has 1 fully saturated rings. The quantitative estimate of drug-likeness (QED) is 0.758. The van der Waals surface area contributed by atoms with Crippen LogP contribution < -0.4 is 0 Å². The van der Waals surface area contributed by atoms with Gasteiger partial charge in [-0.05, 0) is 31.2 Å². The van der Waals surface area contributed by atoms with Gasteiger partial charge in [-0.15, -0.1) is 0 Å². The third kappa shape index (κ3) is 3.26. The zero-order chi connectivity index (χ0) is 19.0. The number of carbonyl (C=O) groups excluding carboxylic acids is 1. The van der Waals surface area contributed by atoms with E-state index in [9.17, 15) is 14.7 Å². The predicted octanol–water partition coefficient (Wildman–Crippen LogP) is 1.73. The molecule has 1 aliphatic heterocycles. The number of carboxylic acids is 1. The van der Waals surface area contributed by atoms with Crippen LogP contribution in [-0.2, 0) is 9.53 Å². The molecule has 27 heavy (non-hydrogen) atoms. The van der Waals surface area contributed by atoms with Gasteiger partial charge in [0.1, 0.15) is 12.1 Å². The molecular formula is C19H18N4O4. The molecule has 8 heteroatoms. The highest BCUT2D eigenvalue weighted by molar-refractivity contribution is 5.94. The summed E-state index contributed by atoms with van der Waals surface area (Å²) in [4.78, 5) is 34.2. The summed E-state index contributed by atoms with van der Waals surface area (Å²) < 4.78 is 7.20. The molecule has 0 bridgehead atoms. The molecular weight excluding hydrogens is 348 g/mol. The van der Waals surface area contributed by atoms with E-state index >= 15 is 0 Å². The van der Waals surface area contributed by atoms with E-state index in [1.165, 1.54) is 11.1 Å². The topological polar surface area (TPSA) is 97.6 Å². The Balaban J connectivity index is 1.57. The van der Waals surface area contributed by atoms with E-state index in [0.717, 1.165) is 11.0 Å². The molecule has 0 unspecified atom stereocenters. The Bertz CT molecular complexity index is 998. The molecule has 3 heterocycles. The first-order valence-corrected chi connectivity index (χ1v) is 8.59. The molecule has 1 aromatic carbocycles. The number of carbonyl (C=O) groups is 2. The molecule has 0 saturated carbocycles. The van der Waals surface area contributed by atoms with Gasteiger partial charge < -0.3 is 14.7 Å². The number of amides is 1. The molecule has 1 saturated heterocycles. The minimum Gasteiger partial charge on any atom is -0.479 e. The van der Waals surface area contributed by atoms with Crippen molar-refractivity contribution in [3.05, 3.63) is 54.5 Å². The number of nitrogens with zero attached hydrogens (tertiary/aromatic N) is 4. The second-order valence-electron chi connectivity index (χ2n) is 6.49. The lowest BCUT2D eigenvalue weighted by Gasteiger charge is -2.34. The van der Waals surface area contributed by atoms with Crippen LogP contribution in [0.15, 0.2) is 48.9 Å². The maximum atomic E-state index is 12.7. The van der Waals surface area contributed by atoms with Crippen LogP contribution in [0.2, 0.25) is 0 Å². The van der Waals surface area contributed by atoms with Crippen molar-refractivity contribution < 1.29 is 19.4 Å². The minimum atomic E-state index is -1.07. The number of benzene rings is 1. The Labute approximate surface area is 155 Å². The van der Waals surface area contributed by atoms with Crippen molar-refractivity contribution in [2.75, 3.05) is 13.1 Å². The number of pyridine rings is 1. The Hall–Kier alpha value is -3.26. The van der Waals surface area contributed by atoms with Gasteiger partial charge in [0, 0.05) is 12.7 Å². The molecule has 2 atom stereocenters. The van der Waals surface area contributed by atoms with Gasteiger partial charge in [-0.3, -0.25) is 9.36 Å². The van der Waals surface area contributed by atoms with Crippen LogP contribution in [0.4, 0.5) is 0 Å². The fraction of sp³-hybridized carbons (Fsp3) is 0.263. The summed E-state index contributed by atoms with van der Waals surface area (Å²) in [5.74, 6) is -0.676. The number of hydrogen-bond donors (Lipinski definition) is 1. The van der Waals surface area contributed by atoms with Crippen molar-refractivity contribution in [1.82, 2.24) is 19.4 Å². The van der Waals surface area contributed by atoms with E-state index in [1.54, 1.807) is 25.4 Å². The number of rotatable bonds is 3. The number of morpholine rings is 1. The van der Waals surface area contributed by atoms with Crippen molar-refractivity contribution in [3.8, 4) is 5.82 Å².